The zero-order valence-electron chi connectivity index (χ0n) is 10.7. The average molecular weight is 369 g/mol. The largest absolute Gasteiger partial charge is 0.454 e. The minimum absolute atomic E-state index is 0.255. The summed E-state index contributed by atoms with van der Waals surface area (Å²) in [4.78, 5) is 23.7. The molecule has 21 heavy (non-hydrogen) atoms. The number of ketones is 1. The quantitative estimate of drug-likeness (QED) is 0.453. The summed E-state index contributed by atoms with van der Waals surface area (Å²) >= 11 is 4.54. The second kappa shape index (κ2) is 7.28. The lowest BCUT2D eigenvalue weighted by Crippen LogP contribution is -2.11. The summed E-state index contributed by atoms with van der Waals surface area (Å²) in [6, 6.07) is 9.08. The van der Waals surface area contributed by atoms with Gasteiger partial charge in [-0.1, -0.05) is 12.1 Å². The van der Waals surface area contributed by atoms with Crippen LogP contribution in [0, 0.1) is 5.82 Å². The lowest BCUT2D eigenvalue weighted by Gasteiger charge is -1.99. The Morgan fingerprint density at radius 2 is 1.90 bits per heavy atom. The van der Waals surface area contributed by atoms with Gasteiger partial charge < -0.3 is 4.74 Å². The molecule has 1 aromatic carbocycles. The van der Waals surface area contributed by atoms with Crippen LogP contribution in [0.5, 0.6) is 0 Å². The third-order valence-electron chi connectivity index (χ3n) is 2.48. The van der Waals surface area contributed by atoms with Crippen LogP contribution in [0.3, 0.4) is 0 Å². The number of halogens is 2. The van der Waals surface area contributed by atoms with Crippen LogP contribution in [0.2, 0.25) is 0 Å². The zero-order valence-corrected chi connectivity index (χ0v) is 13.1. The predicted octanol–water partition coefficient (Wildman–Crippen LogP) is 4.09. The van der Waals surface area contributed by atoms with Crippen molar-refractivity contribution >= 4 is 45.1 Å². The first kappa shape index (κ1) is 15.6. The number of ether oxygens (including phenoxy) is 1. The molecule has 0 spiro atoms. The van der Waals surface area contributed by atoms with Gasteiger partial charge in [-0.05, 0) is 51.8 Å². The summed E-state index contributed by atoms with van der Waals surface area (Å²) in [5.41, 5.74) is 0.668. The molecule has 0 saturated heterocycles. The molecule has 0 aliphatic rings. The summed E-state index contributed by atoms with van der Waals surface area (Å²) in [5.74, 6) is -1.22. The maximum absolute atomic E-state index is 12.7. The molecule has 0 saturated carbocycles. The standard InChI is InChI=1S/C15H10BrFO3S/c16-14-7-6-13(21-14)12(18)9-20-15(19)8-3-10-1-4-11(17)5-2-10/h1-8H,9H2/b8-3+. The summed E-state index contributed by atoms with van der Waals surface area (Å²) in [5, 5.41) is 0. The number of Topliss-reactive ketones (excluding diaryl/α,β-unsaturated/α-hetero) is 1. The number of carbonyl (C=O) groups is 2. The fourth-order valence-electron chi connectivity index (χ4n) is 1.46. The second-order valence-corrected chi connectivity index (χ2v) is 6.48. The monoisotopic (exact) mass is 368 g/mol. The highest BCUT2D eigenvalue weighted by Crippen LogP contribution is 2.22. The molecule has 0 radical (unpaired) electrons. The van der Waals surface area contributed by atoms with Gasteiger partial charge in [-0.3, -0.25) is 4.79 Å². The minimum Gasteiger partial charge on any atom is -0.454 e. The van der Waals surface area contributed by atoms with Crippen LogP contribution in [0.4, 0.5) is 4.39 Å². The van der Waals surface area contributed by atoms with Gasteiger partial charge in [-0.15, -0.1) is 11.3 Å². The molecule has 0 bridgehead atoms. The lowest BCUT2D eigenvalue weighted by molar-refractivity contribution is -0.136. The number of carbonyl (C=O) groups excluding carboxylic acids is 2. The maximum atomic E-state index is 12.7. The van der Waals surface area contributed by atoms with Gasteiger partial charge in [0.1, 0.15) is 5.82 Å². The van der Waals surface area contributed by atoms with Crippen LogP contribution in [-0.4, -0.2) is 18.4 Å². The van der Waals surface area contributed by atoms with Crippen molar-refractivity contribution in [3.8, 4) is 0 Å². The molecule has 0 aliphatic carbocycles. The van der Waals surface area contributed by atoms with Crippen LogP contribution in [0.25, 0.3) is 6.08 Å². The summed E-state index contributed by atoms with van der Waals surface area (Å²) < 4.78 is 18.4. The van der Waals surface area contributed by atoms with Gasteiger partial charge in [0.25, 0.3) is 0 Å². The van der Waals surface area contributed by atoms with Gasteiger partial charge >= 0.3 is 5.97 Å². The van der Waals surface area contributed by atoms with Gasteiger partial charge in [0.15, 0.2) is 6.61 Å². The molecule has 1 heterocycles. The highest BCUT2D eigenvalue weighted by Gasteiger charge is 2.10. The first-order chi connectivity index (χ1) is 10.0. The van der Waals surface area contributed by atoms with E-state index in [1.54, 1.807) is 12.1 Å². The summed E-state index contributed by atoms with van der Waals surface area (Å²) in [7, 11) is 0. The van der Waals surface area contributed by atoms with Crippen LogP contribution in [0.1, 0.15) is 15.2 Å². The van der Waals surface area contributed by atoms with E-state index in [0.29, 0.717) is 10.4 Å². The fraction of sp³-hybridized carbons (Fsp3) is 0.0667. The molecule has 0 N–H and O–H groups in total. The fourth-order valence-corrected chi connectivity index (χ4v) is 2.77. The average Bonchev–Trinajstić information content (AvgIpc) is 2.91. The molecule has 2 aromatic rings. The van der Waals surface area contributed by atoms with Crippen LogP contribution in [-0.2, 0) is 9.53 Å². The SMILES string of the molecule is O=C(/C=C/c1ccc(F)cc1)OCC(=O)c1ccc(Br)s1. The number of thiophene rings is 1. The number of rotatable bonds is 5. The predicted molar refractivity (Wildman–Crippen MR) is 82.7 cm³/mol. The van der Waals surface area contributed by atoms with Crippen molar-refractivity contribution in [1.82, 2.24) is 0 Å². The Bertz CT molecular complexity index is 676. The number of hydrogen-bond acceptors (Lipinski definition) is 4. The molecule has 108 valence electrons. The van der Waals surface area contributed by atoms with Gasteiger partial charge in [-0.25, -0.2) is 9.18 Å². The Kier molecular flexibility index (Phi) is 5.41. The van der Waals surface area contributed by atoms with E-state index < -0.39 is 5.97 Å². The number of esters is 1. The summed E-state index contributed by atoms with van der Waals surface area (Å²) in [6.07, 6.45) is 2.69. The molecule has 6 heteroatoms. The highest BCUT2D eigenvalue weighted by molar-refractivity contribution is 9.11. The van der Waals surface area contributed by atoms with E-state index in [1.165, 1.54) is 47.8 Å². The van der Waals surface area contributed by atoms with E-state index in [2.05, 4.69) is 15.9 Å². The van der Waals surface area contributed by atoms with Gasteiger partial charge in [0.2, 0.25) is 5.78 Å². The topological polar surface area (TPSA) is 43.4 Å². The normalized spacial score (nSPS) is 10.8. The number of hydrogen-bond donors (Lipinski definition) is 0. The molecule has 0 atom stereocenters. The highest BCUT2D eigenvalue weighted by atomic mass is 79.9. The van der Waals surface area contributed by atoms with Crippen molar-refractivity contribution in [2.45, 2.75) is 0 Å². The lowest BCUT2D eigenvalue weighted by atomic mass is 10.2. The van der Waals surface area contributed by atoms with Crippen molar-refractivity contribution in [3.63, 3.8) is 0 Å². The third-order valence-corrected chi connectivity index (χ3v) is 4.14. The van der Waals surface area contributed by atoms with Crippen molar-refractivity contribution in [2.24, 2.45) is 0 Å². The third kappa shape index (κ3) is 4.91. The Hall–Kier alpha value is -1.79. The summed E-state index contributed by atoms with van der Waals surface area (Å²) in [6.45, 7) is -0.306. The van der Waals surface area contributed by atoms with E-state index in [1.807, 2.05) is 0 Å². The first-order valence-electron chi connectivity index (χ1n) is 5.93. The van der Waals surface area contributed by atoms with Gasteiger partial charge in [0.05, 0.1) is 8.66 Å². The van der Waals surface area contributed by atoms with Crippen molar-refractivity contribution in [2.75, 3.05) is 6.61 Å². The van der Waals surface area contributed by atoms with Gasteiger partial charge in [-0.2, -0.15) is 0 Å². The van der Waals surface area contributed by atoms with E-state index in [-0.39, 0.29) is 18.2 Å². The molecule has 0 fully saturated rings. The van der Waals surface area contributed by atoms with Crippen molar-refractivity contribution in [1.29, 1.82) is 0 Å². The zero-order chi connectivity index (χ0) is 15.2. The van der Waals surface area contributed by atoms with E-state index in [4.69, 9.17) is 4.74 Å². The molecule has 2 rings (SSSR count). The van der Waals surface area contributed by atoms with Gasteiger partial charge in [0, 0.05) is 6.08 Å². The van der Waals surface area contributed by atoms with Crippen molar-refractivity contribution < 1.29 is 18.7 Å². The molecule has 0 aliphatic heterocycles. The van der Waals surface area contributed by atoms with E-state index in [0.717, 1.165) is 3.79 Å². The molecule has 1 aromatic heterocycles. The Balaban J connectivity index is 1.84. The van der Waals surface area contributed by atoms with E-state index in [9.17, 15) is 14.0 Å². The van der Waals surface area contributed by atoms with Crippen molar-refractivity contribution in [3.05, 3.63) is 62.5 Å². The molecular formula is C15H10BrFO3S. The molecule has 0 unspecified atom stereocenters. The Labute approximate surface area is 133 Å². The van der Waals surface area contributed by atoms with Crippen LogP contribution in [0.15, 0.2) is 46.3 Å². The van der Waals surface area contributed by atoms with E-state index >= 15 is 0 Å². The second-order valence-electron chi connectivity index (χ2n) is 4.02. The molecule has 0 amide bonds. The molecule has 3 nitrogen and oxygen atoms in total. The smallest absolute Gasteiger partial charge is 0.331 e. The maximum Gasteiger partial charge on any atom is 0.331 e. The molecular weight excluding hydrogens is 359 g/mol. The van der Waals surface area contributed by atoms with Crippen LogP contribution < -0.4 is 0 Å². The minimum atomic E-state index is -0.622. The van der Waals surface area contributed by atoms with Crippen LogP contribution >= 0.6 is 27.3 Å². The Morgan fingerprint density at radius 1 is 1.19 bits per heavy atom. The Morgan fingerprint density at radius 3 is 2.52 bits per heavy atom. The first-order valence-corrected chi connectivity index (χ1v) is 7.54. The number of benzene rings is 1.